The van der Waals surface area contributed by atoms with Crippen molar-refractivity contribution in [3.05, 3.63) is 88.4 Å². The normalized spacial score (nSPS) is 16.6. The highest BCUT2D eigenvalue weighted by Crippen LogP contribution is 2.35. The number of rotatable bonds is 7. The average molecular weight is 568 g/mol. The summed E-state index contributed by atoms with van der Waals surface area (Å²) in [4.78, 5) is 20.5. The molecule has 1 saturated heterocycles. The van der Waals surface area contributed by atoms with Crippen LogP contribution in [0.25, 0.3) is 10.2 Å². The molecule has 0 aliphatic carbocycles. The molecule has 198 valence electrons. The summed E-state index contributed by atoms with van der Waals surface area (Å²) in [6, 6.07) is 19.8. The Labute approximate surface area is 232 Å². The van der Waals surface area contributed by atoms with Crippen molar-refractivity contribution in [3.63, 3.8) is 0 Å². The lowest BCUT2D eigenvalue weighted by Gasteiger charge is -2.34. The van der Waals surface area contributed by atoms with Crippen LogP contribution < -0.4 is 4.90 Å². The molecule has 0 saturated carbocycles. The van der Waals surface area contributed by atoms with Crippen LogP contribution >= 0.6 is 22.9 Å². The minimum atomic E-state index is -3.63. The zero-order valence-corrected chi connectivity index (χ0v) is 23.8. The van der Waals surface area contributed by atoms with Gasteiger partial charge in [-0.2, -0.15) is 4.31 Å². The lowest BCUT2D eigenvalue weighted by atomic mass is 10.0. The smallest absolute Gasteiger partial charge is 0.260 e. The highest BCUT2D eigenvalue weighted by molar-refractivity contribution is 7.89. The number of fused-ring (bicyclic) bond motifs is 1. The van der Waals surface area contributed by atoms with Crippen molar-refractivity contribution in [3.8, 4) is 0 Å². The molecular formula is C29H30ClN3O3S2. The second kappa shape index (κ2) is 11.1. The van der Waals surface area contributed by atoms with Gasteiger partial charge in [0.2, 0.25) is 10.0 Å². The number of hydrogen-bond acceptors (Lipinski definition) is 5. The van der Waals surface area contributed by atoms with E-state index in [2.05, 4.69) is 0 Å². The summed E-state index contributed by atoms with van der Waals surface area (Å²) in [6.07, 6.45) is 3.59. The molecule has 0 spiro atoms. The molecule has 1 amide bonds. The first-order chi connectivity index (χ1) is 18.3. The van der Waals surface area contributed by atoms with E-state index in [1.54, 1.807) is 33.5 Å². The molecule has 1 fully saturated rings. The molecule has 9 heteroatoms. The first-order valence-corrected chi connectivity index (χ1v) is 15.5. The van der Waals surface area contributed by atoms with Crippen LogP contribution in [-0.2, 0) is 16.6 Å². The maximum Gasteiger partial charge on any atom is 0.260 e. The number of aryl methyl sites for hydroxylation is 1. The molecular weight excluding hydrogens is 538 g/mol. The number of hydrogen-bond donors (Lipinski definition) is 0. The van der Waals surface area contributed by atoms with E-state index in [0.717, 1.165) is 47.0 Å². The molecule has 0 radical (unpaired) electrons. The topological polar surface area (TPSA) is 70.6 Å². The van der Waals surface area contributed by atoms with E-state index in [0.29, 0.717) is 28.8 Å². The fraction of sp³-hybridized carbons (Fsp3) is 0.310. The summed E-state index contributed by atoms with van der Waals surface area (Å²) in [5, 5.41) is 1.20. The van der Waals surface area contributed by atoms with Gasteiger partial charge in [-0.25, -0.2) is 13.4 Å². The zero-order chi connectivity index (χ0) is 26.9. The Kier molecular flexibility index (Phi) is 7.86. The quantitative estimate of drug-likeness (QED) is 0.240. The highest BCUT2D eigenvalue weighted by Gasteiger charge is 2.32. The fourth-order valence-corrected chi connectivity index (χ4v) is 7.90. The van der Waals surface area contributed by atoms with Gasteiger partial charge in [0, 0.05) is 23.2 Å². The van der Waals surface area contributed by atoms with Gasteiger partial charge in [-0.05, 0) is 73.7 Å². The van der Waals surface area contributed by atoms with Crippen molar-refractivity contribution in [2.45, 2.75) is 57.0 Å². The summed E-state index contributed by atoms with van der Waals surface area (Å²) in [7, 11) is -3.63. The Morgan fingerprint density at radius 1 is 1.08 bits per heavy atom. The largest absolute Gasteiger partial charge is 0.279 e. The van der Waals surface area contributed by atoms with Crippen molar-refractivity contribution >= 4 is 54.2 Å². The van der Waals surface area contributed by atoms with E-state index in [4.69, 9.17) is 16.6 Å². The van der Waals surface area contributed by atoms with Gasteiger partial charge >= 0.3 is 0 Å². The van der Waals surface area contributed by atoms with Crippen molar-refractivity contribution in [2.24, 2.45) is 0 Å². The van der Waals surface area contributed by atoms with Crippen LogP contribution in [0.3, 0.4) is 0 Å². The second-order valence-corrected chi connectivity index (χ2v) is 12.9. The van der Waals surface area contributed by atoms with Gasteiger partial charge in [0.05, 0.1) is 21.7 Å². The lowest BCUT2D eigenvalue weighted by molar-refractivity contribution is 0.0985. The van der Waals surface area contributed by atoms with Gasteiger partial charge in [-0.15, -0.1) is 0 Å². The molecule has 1 unspecified atom stereocenters. The fourth-order valence-electron chi connectivity index (χ4n) is 4.96. The molecule has 1 aliphatic heterocycles. The standard InChI is InChI=1S/C29H30ClN3O3S2/c1-3-23-11-7-8-18-33(23)38(35,36)24-14-12-22(13-15-24)28(34)32(19-21-9-5-4-6-10-21)29-31-27-20(2)25(30)16-17-26(27)37-29/h4-6,9-10,12-17,23H,3,7-8,11,18-19H2,1-2H3. The van der Waals surface area contributed by atoms with Gasteiger partial charge < -0.3 is 0 Å². The molecule has 38 heavy (non-hydrogen) atoms. The molecule has 1 atom stereocenters. The van der Waals surface area contributed by atoms with Gasteiger partial charge in [-0.1, -0.05) is 66.6 Å². The van der Waals surface area contributed by atoms with Crippen LogP contribution in [0.4, 0.5) is 5.13 Å². The van der Waals surface area contributed by atoms with E-state index in [9.17, 15) is 13.2 Å². The number of sulfonamides is 1. The highest BCUT2D eigenvalue weighted by atomic mass is 35.5. The Hall–Kier alpha value is -2.78. The van der Waals surface area contributed by atoms with Crippen molar-refractivity contribution in [1.82, 2.24) is 9.29 Å². The SMILES string of the molecule is CCC1CCCCN1S(=O)(=O)c1ccc(C(=O)N(Cc2ccccc2)c2nc3c(C)c(Cl)ccc3s2)cc1. The Bertz CT molecular complexity index is 1550. The molecule has 4 aromatic rings. The molecule has 1 aromatic heterocycles. The number of anilines is 1. The predicted molar refractivity (Wildman–Crippen MR) is 155 cm³/mol. The molecule has 3 aromatic carbocycles. The van der Waals surface area contributed by atoms with Crippen LogP contribution in [0.2, 0.25) is 5.02 Å². The Balaban J connectivity index is 1.48. The van der Waals surface area contributed by atoms with Gasteiger partial charge in [0.1, 0.15) is 0 Å². The molecule has 0 N–H and O–H groups in total. The van der Waals surface area contributed by atoms with E-state index in [1.165, 1.54) is 11.3 Å². The third-order valence-electron chi connectivity index (χ3n) is 7.15. The van der Waals surface area contributed by atoms with Crippen molar-refractivity contribution in [1.29, 1.82) is 0 Å². The summed E-state index contributed by atoms with van der Waals surface area (Å²) in [5.41, 5.74) is 3.01. The van der Waals surface area contributed by atoms with Crippen LogP contribution in [-0.4, -0.2) is 36.2 Å². The monoisotopic (exact) mass is 567 g/mol. The van der Waals surface area contributed by atoms with Crippen LogP contribution in [0.1, 0.15) is 54.1 Å². The Morgan fingerprint density at radius 2 is 1.82 bits per heavy atom. The maximum atomic E-state index is 13.8. The number of halogens is 1. The average Bonchev–Trinajstić information content (AvgIpc) is 3.39. The number of carbonyl (C=O) groups is 1. The van der Waals surface area contributed by atoms with Gasteiger partial charge in [0.25, 0.3) is 5.91 Å². The lowest BCUT2D eigenvalue weighted by Crippen LogP contribution is -2.43. The second-order valence-electron chi connectivity index (χ2n) is 9.59. The van der Waals surface area contributed by atoms with E-state index in [-0.39, 0.29) is 16.8 Å². The third-order valence-corrected chi connectivity index (χ3v) is 10.6. The minimum Gasteiger partial charge on any atom is -0.279 e. The van der Waals surface area contributed by atoms with Crippen LogP contribution in [0.15, 0.2) is 71.6 Å². The summed E-state index contributed by atoms with van der Waals surface area (Å²) < 4.78 is 29.4. The van der Waals surface area contributed by atoms with Crippen LogP contribution in [0, 0.1) is 6.92 Å². The first-order valence-electron chi connectivity index (χ1n) is 12.8. The number of amides is 1. The molecule has 1 aliphatic rings. The van der Waals surface area contributed by atoms with Crippen LogP contribution in [0.5, 0.6) is 0 Å². The third kappa shape index (κ3) is 5.23. The summed E-state index contributed by atoms with van der Waals surface area (Å²) in [6.45, 7) is 4.81. The zero-order valence-electron chi connectivity index (χ0n) is 21.4. The summed E-state index contributed by atoms with van der Waals surface area (Å²) >= 11 is 7.75. The van der Waals surface area contributed by atoms with Crippen molar-refractivity contribution in [2.75, 3.05) is 11.4 Å². The minimum absolute atomic E-state index is 0.0208. The molecule has 6 nitrogen and oxygen atoms in total. The maximum absolute atomic E-state index is 13.8. The first kappa shape index (κ1) is 26.8. The van der Waals surface area contributed by atoms with Gasteiger partial charge in [0.15, 0.2) is 5.13 Å². The van der Waals surface area contributed by atoms with E-state index in [1.807, 2.05) is 56.3 Å². The number of carbonyl (C=O) groups excluding carboxylic acids is 1. The molecule has 0 bridgehead atoms. The predicted octanol–water partition coefficient (Wildman–Crippen LogP) is 7.06. The van der Waals surface area contributed by atoms with Crippen molar-refractivity contribution < 1.29 is 13.2 Å². The Morgan fingerprint density at radius 3 is 2.53 bits per heavy atom. The van der Waals surface area contributed by atoms with Gasteiger partial charge in [-0.3, -0.25) is 9.69 Å². The molecule has 5 rings (SSSR count). The molecule has 2 heterocycles. The van der Waals surface area contributed by atoms with E-state index < -0.39 is 10.0 Å². The number of thiazole rings is 1. The van der Waals surface area contributed by atoms with E-state index >= 15 is 0 Å². The number of piperidine rings is 1. The number of benzene rings is 3. The number of nitrogens with zero attached hydrogens (tertiary/aromatic N) is 3. The number of aromatic nitrogens is 1. The summed E-state index contributed by atoms with van der Waals surface area (Å²) in [5.74, 6) is -0.245.